The Labute approximate surface area is 185 Å². The number of sulfonamides is 1. The lowest BCUT2D eigenvalue weighted by Gasteiger charge is -2.26. The Morgan fingerprint density at radius 2 is 1.71 bits per heavy atom. The molecule has 8 nitrogen and oxygen atoms in total. The van der Waals surface area contributed by atoms with Gasteiger partial charge in [-0.25, -0.2) is 8.42 Å². The highest BCUT2D eigenvalue weighted by Gasteiger charge is 2.28. The fourth-order valence-corrected chi connectivity index (χ4v) is 6.60. The smallest absolute Gasteiger partial charge is 0.256 e. The van der Waals surface area contributed by atoms with Gasteiger partial charge in [-0.05, 0) is 55.5 Å². The number of rotatable bonds is 5. The highest BCUT2D eigenvalue weighted by molar-refractivity contribution is 7.89. The second-order valence-corrected chi connectivity index (χ2v) is 10.5. The summed E-state index contributed by atoms with van der Waals surface area (Å²) in [5.74, 6) is -0.583. The van der Waals surface area contributed by atoms with Crippen molar-refractivity contribution in [3.63, 3.8) is 0 Å². The van der Waals surface area contributed by atoms with Gasteiger partial charge in [0.25, 0.3) is 11.8 Å². The van der Waals surface area contributed by atoms with Gasteiger partial charge < -0.3 is 15.4 Å². The number of ether oxygens (including phenoxy) is 1. The van der Waals surface area contributed by atoms with Crippen LogP contribution in [0.4, 0.5) is 5.00 Å². The molecule has 1 aliphatic heterocycles. The normalized spacial score (nSPS) is 17.1. The van der Waals surface area contributed by atoms with Gasteiger partial charge in [-0.3, -0.25) is 9.59 Å². The summed E-state index contributed by atoms with van der Waals surface area (Å²) in [4.78, 5) is 26.6. The van der Waals surface area contributed by atoms with Crippen LogP contribution in [0, 0.1) is 0 Å². The zero-order chi connectivity index (χ0) is 22.0. The fraction of sp³-hybridized carbons (Fsp3) is 0.429. The van der Waals surface area contributed by atoms with Crippen LogP contribution < -0.4 is 10.6 Å². The Morgan fingerprint density at radius 3 is 2.39 bits per heavy atom. The van der Waals surface area contributed by atoms with Crippen molar-refractivity contribution in [3.05, 3.63) is 45.8 Å². The zero-order valence-electron chi connectivity index (χ0n) is 17.3. The number of carbonyl (C=O) groups excluding carboxylic acids is 2. The van der Waals surface area contributed by atoms with E-state index >= 15 is 0 Å². The van der Waals surface area contributed by atoms with Crippen LogP contribution in [0.3, 0.4) is 0 Å². The van der Waals surface area contributed by atoms with Crippen LogP contribution >= 0.6 is 11.3 Å². The summed E-state index contributed by atoms with van der Waals surface area (Å²) in [6, 6.07) is 5.88. The van der Waals surface area contributed by atoms with Crippen LogP contribution in [0.2, 0.25) is 0 Å². The lowest BCUT2D eigenvalue weighted by atomic mass is 9.95. The molecular weight excluding hydrogens is 438 g/mol. The zero-order valence-corrected chi connectivity index (χ0v) is 18.9. The van der Waals surface area contributed by atoms with Gasteiger partial charge in [0, 0.05) is 30.6 Å². The first-order valence-electron chi connectivity index (χ1n) is 10.3. The van der Waals surface area contributed by atoms with Crippen LogP contribution in [-0.2, 0) is 27.6 Å². The van der Waals surface area contributed by atoms with Crippen LogP contribution in [0.1, 0.15) is 44.0 Å². The standard InChI is InChI=1S/C21H25N3O5S2/c1-22-20(26)18-16-4-2-3-5-17(16)30-21(18)23-19(25)14-6-8-15(9-7-14)31(27,28)24-10-12-29-13-11-24/h6-9H,2-5,10-13H2,1H3,(H,22,26)(H,23,25). The molecule has 31 heavy (non-hydrogen) atoms. The van der Waals surface area contributed by atoms with E-state index < -0.39 is 10.0 Å². The van der Waals surface area contributed by atoms with Crippen molar-refractivity contribution < 1.29 is 22.7 Å². The molecule has 1 fully saturated rings. The van der Waals surface area contributed by atoms with Crippen molar-refractivity contribution in [2.45, 2.75) is 30.6 Å². The monoisotopic (exact) mass is 463 g/mol. The molecule has 1 aliphatic carbocycles. The molecule has 1 saturated heterocycles. The number of carbonyl (C=O) groups is 2. The minimum absolute atomic E-state index is 0.142. The number of amides is 2. The number of anilines is 1. The van der Waals surface area contributed by atoms with Crippen LogP contribution in [0.15, 0.2) is 29.2 Å². The van der Waals surface area contributed by atoms with Gasteiger partial charge in [-0.2, -0.15) is 4.31 Å². The lowest BCUT2D eigenvalue weighted by Crippen LogP contribution is -2.40. The number of aryl methyl sites for hydroxylation is 1. The molecule has 0 unspecified atom stereocenters. The van der Waals surface area contributed by atoms with E-state index in [1.54, 1.807) is 7.05 Å². The van der Waals surface area contributed by atoms with E-state index in [0.717, 1.165) is 36.1 Å². The Morgan fingerprint density at radius 1 is 1.03 bits per heavy atom. The molecular formula is C21H25N3O5S2. The van der Waals surface area contributed by atoms with Gasteiger partial charge in [0.15, 0.2) is 0 Å². The molecule has 2 amide bonds. The average Bonchev–Trinajstić information content (AvgIpc) is 3.17. The van der Waals surface area contributed by atoms with E-state index in [9.17, 15) is 18.0 Å². The van der Waals surface area contributed by atoms with E-state index in [2.05, 4.69) is 10.6 Å². The first-order chi connectivity index (χ1) is 14.9. The van der Waals surface area contributed by atoms with Gasteiger partial charge in [-0.1, -0.05) is 0 Å². The van der Waals surface area contributed by atoms with Gasteiger partial charge in [0.2, 0.25) is 10.0 Å². The molecule has 2 aromatic rings. The van der Waals surface area contributed by atoms with E-state index in [4.69, 9.17) is 4.74 Å². The van der Waals surface area contributed by atoms with Crippen LogP contribution in [0.5, 0.6) is 0 Å². The second kappa shape index (κ2) is 9.07. The second-order valence-electron chi connectivity index (χ2n) is 7.49. The van der Waals surface area contributed by atoms with Gasteiger partial charge in [0.1, 0.15) is 5.00 Å². The highest BCUT2D eigenvalue weighted by atomic mass is 32.2. The molecule has 4 rings (SSSR count). The fourth-order valence-electron chi connectivity index (χ4n) is 3.91. The molecule has 0 spiro atoms. The summed E-state index contributed by atoms with van der Waals surface area (Å²) in [7, 11) is -2.04. The number of thiophene rings is 1. The van der Waals surface area contributed by atoms with Crippen molar-refractivity contribution >= 4 is 38.2 Å². The van der Waals surface area contributed by atoms with E-state index in [1.807, 2.05) is 0 Å². The predicted octanol–water partition coefficient (Wildman–Crippen LogP) is 2.26. The molecule has 2 heterocycles. The summed E-state index contributed by atoms with van der Waals surface area (Å²) >= 11 is 1.45. The third-order valence-corrected chi connectivity index (χ3v) is 8.70. The number of benzene rings is 1. The lowest BCUT2D eigenvalue weighted by molar-refractivity contribution is 0.0730. The number of nitrogens with zero attached hydrogens (tertiary/aromatic N) is 1. The molecule has 10 heteroatoms. The number of nitrogens with one attached hydrogen (secondary N) is 2. The van der Waals surface area contributed by atoms with E-state index in [1.165, 1.54) is 39.9 Å². The number of fused-ring (bicyclic) bond motifs is 1. The predicted molar refractivity (Wildman–Crippen MR) is 118 cm³/mol. The Kier molecular flexibility index (Phi) is 6.42. The maximum absolute atomic E-state index is 12.8. The minimum Gasteiger partial charge on any atom is -0.379 e. The van der Waals surface area contributed by atoms with Crippen LogP contribution in [0.25, 0.3) is 0 Å². The highest BCUT2D eigenvalue weighted by Crippen LogP contribution is 2.38. The molecule has 0 radical (unpaired) electrons. The van der Waals surface area contributed by atoms with Crippen molar-refractivity contribution in [3.8, 4) is 0 Å². The number of hydrogen-bond acceptors (Lipinski definition) is 6. The molecule has 0 atom stereocenters. The summed E-state index contributed by atoms with van der Waals surface area (Å²) in [5.41, 5.74) is 1.90. The maximum atomic E-state index is 12.8. The first-order valence-corrected chi connectivity index (χ1v) is 12.5. The van der Waals surface area contributed by atoms with Crippen LogP contribution in [-0.4, -0.2) is 57.9 Å². The Hall–Kier alpha value is -2.27. The van der Waals surface area contributed by atoms with Crippen molar-refractivity contribution in [1.82, 2.24) is 9.62 Å². The van der Waals surface area contributed by atoms with Crippen molar-refractivity contribution in [2.24, 2.45) is 0 Å². The summed E-state index contributed by atoms with van der Waals surface area (Å²) in [6.45, 7) is 1.38. The molecule has 1 aromatic carbocycles. The maximum Gasteiger partial charge on any atom is 0.256 e. The molecule has 0 bridgehead atoms. The number of hydrogen-bond donors (Lipinski definition) is 2. The summed E-state index contributed by atoms with van der Waals surface area (Å²) < 4.78 is 32.1. The third kappa shape index (κ3) is 4.38. The van der Waals surface area contributed by atoms with E-state index in [0.29, 0.717) is 42.4 Å². The molecule has 2 N–H and O–H groups in total. The average molecular weight is 464 g/mol. The Balaban J connectivity index is 1.55. The van der Waals surface area contributed by atoms with Crippen molar-refractivity contribution in [1.29, 1.82) is 0 Å². The SMILES string of the molecule is CNC(=O)c1c(NC(=O)c2ccc(S(=O)(=O)N3CCOCC3)cc2)sc2c1CCCC2. The number of morpholine rings is 1. The molecule has 0 saturated carbocycles. The topological polar surface area (TPSA) is 105 Å². The first kappa shape index (κ1) is 21.9. The quantitative estimate of drug-likeness (QED) is 0.708. The summed E-state index contributed by atoms with van der Waals surface area (Å²) in [5, 5.41) is 6.07. The van der Waals surface area contributed by atoms with Gasteiger partial charge >= 0.3 is 0 Å². The van der Waals surface area contributed by atoms with Gasteiger partial charge in [-0.15, -0.1) is 11.3 Å². The Bertz CT molecular complexity index is 1090. The largest absolute Gasteiger partial charge is 0.379 e. The van der Waals surface area contributed by atoms with Crippen molar-refractivity contribution in [2.75, 3.05) is 38.7 Å². The van der Waals surface area contributed by atoms with Gasteiger partial charge in [0.05, 0.1) is 23.7 Å². The summed E-state index contributed by atoms with van der Waals surface area (Å²) in [6.07, 6.45) is 3.85. The molecule has 2 aliphatic rings. The third-order valence-electron chi connectivity index (χ3n) is 5.58. The minimum atomic E-state index is -3.62. The molecule has 166 valence electrons. The van der Waals surface area contributed by atoms with E-state index in [-0.39, 0.29) is 16.7 Å². The molecule has 1 aromatic heterocycles.